The first-order chi connectivity index (χ1) is 7.88. The molecule has 1 amide bonds. The molecule has 1 N–H and O–H groups in total. The average Bonchev–Trinajstić information content (AvgIpc) is 2.29. The van der Waals surface area contributed by atoms with Gasteiger partial charge in [0, 0.05) is 19.6 Å². The number of carbonyl (C=O) groups excluding carboxylic acids is 1. The number of amides is 1. The number of rotatable bonds is 1. The fourth-order valence-corrected chi connectivity index (χ4v) is 2.41. The maximum atomic E-state index is 12.2. The SMILES string of the molecule is O=C(C1COCCN1)N1CCCCCCC1. The van der Waals surface area contributed by atoms with Crippen molar-refractivity contribution in [1.82, 2.24) is 10.2 Å². The summed E-state index contributed by atoms with van der Waals surface area (Å²) in [5, 5.41) is 3.24. The van der Waals surface area contributed by atoms with E-state index in [9.17, 15) is 4.79 Å². The summed E-state index contributed by atoms with van der Waals surface area (Å²) in [6, 6.07) is -0.104. The minimum atomic E-state index is -0.104. The van der Waals surface area contributed by atoms with Crippen LogP contribution in [-0.2, 0) is 9.53 Å². The molecule has 0 aromatic heterocycles. The standard InChI is InChI=1S/C12H22N2O2/c15-12(11-10-16-9-6-13-11)14-7-4-2-1-3-5-8-14/h11,13H,1-10H2. The maximum absolute atomic E-state index is 12.2. The van der Waals surface area contributed by atoms with Gasteiger partial charge in [-0.15, -0.1) is 0 Å². The Morgan fingerprint density at radius 2 is 1.81 bits per heavy atom. The zero-order valence-corrected chi connectivity index (χ0v) is 9.91. The molecular formula is C12H22N2O2. The highest BCUT2D eigenvalue weighted by Gasteiger charge is 2.26. The molecule has 2 fully saturated rings. The fraction of sp³-hybridized carbons (Fsp3) is 0.917. The van der Waals surface area contributed by atoms with Gasteiger partial charge in [0.2, 0.25) is 5.91 Å². The zero-order valence-electron chi connectivity index (χ0n) is 9.91. The molecule has 1 unspecified atom stereocenters. The third-order valence-corrected chi connectivity index (χ3v) is 3.39. The molecule has 0 saturated carbocycles. The van der Waals surface area contributed by atoms with Gasteiger partial charge < -0.3 is 15.0 Å². The summed E-state index contributed by atoms with van der Waals surface area (Å²) < 4.78 is 5.34. The summed E-state index contributed by atoms with van der Waals surface area (Å²) in [4.78, 5) is 14.2. The Kier molecular flexibility index (Phi) is 4.60. The van der Waals surface area contributed by atoms with Gasteiger partial charge in [0.25, 0.3) is 0 Å². The average molecular weight is 226 g/mol. The van der Waals surface area contributed by atoms with E-state index < -0.39 is 0 Å². The molecule has 4 nitrogen and oxygen atoms in total. The zero-order chi connectivity index (χ0) is 11.2. The molecule has 1 atom stereocenters. The maximum Gasteiger partial charge on any atom is 0.242 e. The van der Waals surface area contributed by atoms with Crippen LogP contribution in [0.1, 0.15) is 32.1 Å². The van der Waals surface area contributed by atoms with E-state index in [2.05, 4.69) is 5.32 Å². The van der Waals surface area contributed by atoms with E-state index >= 15 is 0 Å². The molecule has 0 aromatic rings. The number of hydrogen-bond donors (Lipinski definition) is 1. The lowest BCUT2D eigenvalue weighted by atomic mass is 10.1. The van der Waals surface area contributed by atoms with Gasteiger partial charge in [-0.25, -0.2) is 0 Å². The van der Waals surface area contributed by atoms with Crippen molar-refractivity contribution in [3.63, 3.8) is 0 Å². The Bertz CT molecular complexity index is 219. The molecule has 2 heterocycles. The molecule has 2 rings (SSSR count). The van der Waals surface area contributed by atoms with Crippen molar-refractivity contribution in [2.45, 2.75) is 38.1 Å². The van der Waals surface area contributed by atoms with Gasteiger partial charge in [0.05, 0.1) is 13.2 Å². The van der Waals surface area contributed by atoms with Crippen molar-refractivity contribution >= 4 is 5.91 Å². The quantitative estimate of drug-likeness (QED) is 0.718. The van der Waals surface area contributed by atoms with Gasteiger partial charge in [-0.2, -0.15) is 0 Å². The smallest absolute Gasteiger partial charge is 0.242 e. The van der Waals surface area contributed by atoms with Gasteiger partial charge in [0.1, 0.15) is 6.04 Å². The van der Waals surface area contributed by atoms with Gasteiger partial charge in [0.15, 0.2) is 0 Å². The summed E-state index contributed by atoms with van der Waals surface area (Å²) >= 11 is 0. The number of nitrogens with one attached hydrogen (secondary N) is 1. The third-order valence-electron chi connectivity index (χ3n) is 3.39. The first kappa shape index (κ1) is 11.9. The summed E-state index contributed by atoms with van der Waals surface area (Å²) in [6.07, 6.45) is 6.15. The predicted octanol–water partition coefficient (Wildman–Crippen LogP) is 0.767. The van der Waals surface area contributed by atoms with Crippen LogP contribution in [0.15, 0.2) is 0 Å². The van der Waals surface area contributed by atoms with Crippen LogP contribution in [0.4, 0.5) is 0 Å². The van der Waals surface area contributed by atoms with Crippen molar-refractivity contribution in [2.24, 2.45) is 0 Å². The third kappa shape index (κ3) is 3.19. The van der Waals surface area contributed by atoms with Gasteiger partial charge in [-0.05, 0) is 12.8 Å². The van der Waals surface area contributed by atoms with Crippen LogP contribution in [0.3, 0.4) is 0 Å². The molecular weight excluding hydrogens is 204 g/mol. The molecule has 16 heavy (non-hydrogen) atoms. The number of morpholine rings is 1. The van der Waals surface area contributed by atoms with E-state index in [1.54, 1.807) is 0 Å². The highest BCUT2D eigenvalue weighted by atomic mass is 16.5. The topological polar surface area (TPSA) is 41.6 Å². The number of nitrogens with zero attached hydrogens (tertiary/aromatic N) is 1. The molecule has 0 spiro atoms. The second-order valence-corrected chi connectivity index (χ2v) is 4.67. The first-order valence-electron chi connectivity index (χ1n) is 6.48. The van der Waals surface area contributed by atoms with E-state index in [0.29, 0.717) is 6.61 Å². The summed E-state index contributed by atoms with van der Waals surface area (Å²) in [6.45, 7) is 3.91. The number of carbonyl (C=O) groups is 1. The van der Waals surface area contributed by atoms with Crippen molar-refractivity contribution in [1.29, 1.82) is 0 Å². The van der Waals surface area contributed by atoms with Crippen LogP contribution >= 0.6 is 0 Å². The van der Waals surface area contributed by atoms with Gasteiger partial charge >= 0.3 is 0 Å². The molecule has 0 radical (unpaired) electrons. The number of ether oxygens (including phenoxy) is 1. The fourth-order valence-electron chi connectivity index (χ4n) is 2.41. The monoisotopic (exact) mass is 226 g/mol. The highest BCUT2D eigenvalue weighted by Crippen LogP contribution is 2.12. The van der Waals surface area contributed by atoms with Crippen LogP contribution in [-0.4, -0.2) is 49.7 Å². The van der Waals surface area contributed by atoms with E-state index in [0.717, 1.165) is 39.1 Å². The summed E-state index contributed by atoms with van der Waals surface area (Å²) in [7, 11) is 0. The van der Waals surface area contributed by atoms with Crippen molar-refractivity contribution in [2.75, 3.05) is 32.8 Å². The first-order valence-corrected chi connectivity index (χ1v) is 6.48. The lowest BCUT2D eigenvalue weighted by Gasteiger charge is -2.31. The van der Waals surface area contributed by atoms with Gasteiger partial charge in [-0.3, -0.25) is 4.79 Å². The molecule has 4 heteroatoms. The Hall–Kier alpha value is -0.610. The van der Waals surface area contributed by atoms with Gasteiger partial charge in [-0.1, -0.05) is 19.3 Å². The van der Waals surface area contributed by atoms with Crippen molar-refractivity contribution in [3.05, 3.63) is 0 Å². The molecule has 0 bridgehead atoms. The Balaban J connectivity index is 1.85. The van der Waals surface area contributed by atoms with E-state index in [-0.39, 0.29) is 11.9 Å². The minimum Gasteiger partial charge on any atom is -0.378 e. The predicted molar refractivity (Wildman–Crippen MR) is 62.3 cm³/mol. The van der Waals surface area contributed by atoms with Crippen LogP contribution in [0.5, 0.6) is 0 Å². The van der Waals surface area contributed by atoms with Crippen LogP contribution < -0.4 is 5.32 Å². The number of likely N-dealkylation sites (tertiary alicyclic amines) is 1. The normalized spacial score (nSPS) is 28.2. The Morgan fingerprint density at radius 1 is 1.12 bits per heavy atom. The Labute approximate surface area is 97.3 Å². The van der Waals surface area contributed by atoms with E-state index in [4.69, 9.17) is 4.74 Å². The molecule has 2 saturated heterocycles. The second-order valence-electron chi connectivity index (χ2n) is 4.67. The lowest BCUT2D eigenvalue weighted by Crippen LogP contribution is -2.53. The second kappa shape index (κ2) is 6.21. The van der Waals surface area contributed by atoms with Crippen LogP contribution in [0.2, 0.25) is 0 Å². The van der Waals surface area contributed by atoms with E-state index in [1.807, 2.05) is 4.90 Å². The number of hydrogen-bond acceptors (Lipinski definition) is 3. The molecule has 0 aliphatic carbocycles. The molecule has 2 aliphatic heterocycles. The Morgan fingerprint density at radius 3 is 2.44 bits per heavy atom. The lowest BCUT2D eigenvalue weighted by molar-refractivity contribution is -0.136. The largest absolute Gasteiger partial charge is 0.378 e. The molecule has 0 aromatic carbocycles. The van der Waals surface area contributed by atoms with E-state index in [1.165, 1.54) is 19.3 Å². The van der Waals surface area contributed by atoms with Crippen molar-refractivity contribution < 1.29 is 9.53 Å². The van der Waals surface area contributed by atoms with Crippen LogP contribution in [0.25, 0.3) is 0 Å². The van der Waals surface area contributed by atoms with Crippen LogP contribution in [0, 0.1) is 0 Å². The van der Waals surface area contributed by atoms with Crippen molar-refractivity contribution in [3.8, 4) is 0 Å². The highest BCUT2D eigenvalue weighted by molar-refractivity contribution is 5.82. The molecule has 92 valence electrons. The summed E-state index contributed by atoms with van der Waals surface area (Å²) in [5.41, 5.74) is 0. The molecule has 2 aliphatic rings. The summed E-state index contributed by atoms with van der Waals surface area (Å²) in [5.74, 6) is 0.238. The minimum absolute atomic E-state index is 0.104.